The van der Waals surface area contributed by atoms with Crippen molar-refractivity contribution in [3.05, 3.63) is 95.1 Å². The zero-order valence-electron chi connectivity index (χ0n) is 20.9. The van der Waals surface area contributed by atoms with Crippen molar-refractivity contribution in [3.63, 3.8) is 0 Å². The summed E-state index contributed by atoms with van der Waals surface area (Å²) in [6.07, 6.45) is -4.09. The third-order valence-corrected chi connectivity index (χ3v) is 5.40. The highest BCUT2D eigenvalue weighted by Crippen LogP contribution is 2.19. The zero-order chi connectivity index (χ0) is 27.1. The van der Waals surface area contributed by atoms with E-state index in [9.17, 15) is 24.3 Å². The number of hydrogen-bond donors (Lipinski definition) is 2. The second-order valence-electron chi connectivity index (χ2n) is 8.66. The van der Waals surface area contributed by atoms with Gasteiger partial charge in [0.15, 0.2) is 0 Å². The largest absolute Gasteiger partial charge is 0.478 e. The molecule has 0 saturated heterocycles. The minimum atomic E-state index is -2.11. The molecule has 3 rings (SSSR count). The van der Waals surface area contributed by atoms with Gasteiger partial charge < -0.3 is 24.8 Å². The number of carboxylic acids is 1. The van der Waals surface area contributed by atoms with Gasteiger partial charge in [0.1, 0.15) is 0 Å². The summed E-state index contributed by atoms with van der Waals surface area (Å²) >= 11 is 0. The first-order valence-electron chi connectivity index (χ1n) is 11.4. The number of anilines is 2. The summed E-state index contributed by atoms with van der Waals surface area (Å²) in [6, 6.07) is 19.4. The standard InChI is InChI=1S/C28H28N2O7/c1-17-7-5-9-19(15-17)27(34)36-23(25(31)29-21-11-13-22(14-12-21)30(3)4)24(26(32)33)37-28(35)20-10-6-8-18(2)16-20/h5-16,23-24H,1-4H3,(H,29,31)(H,32,33)/t23-,24+/m0/s1. The van der Waals surface area contributed by atoms with Crippen molar-refractivity contribution in [2.45, 2.75) is 26.1 Å². The lowest BCUT2D eigenvalue weighted by molar-refractivity contribution is -0.157. The van der Waals surface area contributed by atoms with Crippen LogP contribution in [0.4, 0.5) is 11.4 Å². The van der Waals surface area contributed by atoms with Crippen molar-refractivity contribution in [2.24, 2.45) is 0 Å². The van der Waals surface area contributed by atoms with Gasteiger partial charge in [0.2, 0.25) is 12.2 Å². The SMILES string of the molecule is Cc1cccc(C(=O)O[C@H](C(=O)Nc2ccc(N(C)C)cc2)[C@@H](OC(=O)c2cccc(C)c2)C(=O)O)c1. The molecule has 0 bridgehead atoms. The Morgan fingerprint density at radius 3 is 1.68 bits per heavy atom. The van der Waals surface area contributed by atoms with Crippen LogP contribution in [-0.4, -0.2) is 55.2 Å². The van der Waals surface area contributed by atoms with Gasteiger partial charge in [-0.25, -0.2) is 14.4 Å². The molecule has 0 radical (unpaired) electrons. The third kappa shape index (κ3) is 7.17. The predicted octanol–water partition coefficient (Wildman–Crippen LogP) is 3.84. The number of hydrogen-bond acceptors (Lipinski definition) is 7. The number of aliphatic carboxylic acids is 1. The number of nitrogens with one attached hydrogen (secondary N) is 1. The lowest BCUT2D eigenvalue weighted by atomic mass is 10.1. The quantitative estimate of drug-likeness (QED) is 0.422. The number of rotatable bonds is 9. The van der Waals surface area contributed by atoms with Crippen LogP contribution in [0.5, 0.6) is 0 Å². The number of carbonyl (C=O) groups is 4. The molecule has 0 saturated carbocycles. The Hall–Kier alpha value is -4.66. The van der Waals surface area contributed by atoms with Crippen molar-refractivity contribution >= 4 is 35.2 Å². The second-order valence-corrected chi connectivity index (χ2v) is 8.66. The van der Waals surface area contributed by atoms with E-state index in [1.165, 1.54) is 24.3 Å². The number of amides is 1. The molecule has 0 aliphatic rings. The van der Waals surface area contributed by atoms with Crippen LogP contribution >= 0.6 is 0 Å². The smallest absolute Gasteiger partial charge is 0.349 e. The van der Waals surface area contributed by atoms with E-state index < -0.39 is 36.0 Å². The molecule has 37 heavy (non-hydrogen) atoms. The number of carboxylic acid groups (broad SMARTS) is 1. The van der Waals surface area contributed by atoms with E-state index in [1.807, 2.05) is 19.0 Å². The van der Waals surface area contributed by atoms with Crippen LogP contribution in [0.3, 0.4) is 0 Å². The molecule has 2 atom stereocenters. The molecule has 0 aliphatic carbocycles. The van der Waals surface area contributed by atoms with Crippen LogP contribution in [-0.2, 0) is 19.1 Å². The first kappa shape index (κ1) is 26.9. The van der Waals surface area contributed by atoms with Gasteiger partial charge in [0.25, 0.3) is 5.91 Å². The van der Waals surface area contributed by atoms with Gasteiger partial charge >= 0.3 is 17.9 Å². The molecule has 0 heterocycles. The van der Waals surface area contributed by atoms with E-state index in [0.717, 1.165) is 16.8 Å². The number of esters is 2. The summed E-state index contributed by atoms with van der Waals surface area (Å²) in [5.41, 5.74) is 2.93. The molecular formula is C28H28N2O7. The Labute approximate surface area is 214 Å². The highest BCUT2D eigenvalue weighted by atomic mass is 16.6. The fourth-order valence-corrected chi connectivity index (χ4v) is 3.46. The van der Waals surface area contributed by atoms with E-state index in [1.54, 1.807) is 62.4 Å². The maximum Gasteiger partial charge on any atom is 0.349 e. The number of nitrogens with zero attached hydrogens (tertiary/aromatic N) is 1. The van der Waals surface area contributed by atoms with Crippen LogP contribution in [0.15, 0.2) is 72.8 Å². The fourth-order valence-electron chi connectivity index (χ4n) is 3.46. The maximum atomic E-state index is 13.2. The van der Waals surface area contributed by atoms with E-state index in [2.05, 4.69) is 5.32 Å². The Kier molecular flexibility index (Phi) is 8.63. The monoisotopic (exact) mass is 504 g/mol. The van der Waals surface area contributed by atoms with E-state index >= 15 is 0 Å². The molecule has 0 aromatic heterocycles. The molecule has 2 N–H and O–H groups in total. The van der Waals surface area contributed by atoms with Crippen LogP contribution in [0.2, 0.25) is 0 Å². The van der Waals surface area contributed by atoms with Crippen molar-refractivity contribution < 1.29 is 33.8 Å². The molecule has 3 aromatic rings. The number of benzene rings is 3. The Morgan fingerprint density at radius 2 is 1.24 bits per heavy atom. The van der Waals surface area contributed by atoms with Crippen LogP contribution in [0, 0.1) is 13.8 Å². The molecule has 1 amide bonds. The van der Waals surface area contributed by atoms with Crippen LogP contribution in [0.1, 0.15) is 31.8 Å². The van der Waals surface area contributed by atoms with Gasteiger partial charge in [-0.1, -0.05) is 35.4 Å². The van der Waals surface area contributed by atoms with Crippen molar-refractivity contribution in [1.29, 1.82) is 0 Å². The Morgan fingerprint density at radius 1 is 0.757 bits per heavy atom. The molecule has 0 spiro atoms. The zero-order valence-corrected chi connectivity index (χ0v) is 20.9. The number of aryl methyl sites for hydroxylation is 2. The van der Waals surface area contributed by atoms with Gasteiger partial charge in [-0.2, -0.15) is 0 Å². The lowest BCUT2D eigenvalue weighted by Crippen LogP contribution is -2.48. The Bertz CT molecular complexity index is 1300. The average Bonchev–Trinajstić information content (AvgIpc) is 2.86. The molecule has 0 aliphatic heterocycles. The van der Waals surface area contributed by atoms with Gasteiger partial charge in [-0.3, -0.25) is 4.79 Å². The summed E-state index contributed by atoms with van der Waals surface area (Å²) in [6.45, 7) is 3.52. The minimum Gasteiger partial charge on any atom is -0.478 e. The molecule has 9 nitrogen and oxygen atoms in total. The number of ether oxygens (including phenoxy) is 2. The predicted molar refractivity (Wildman–Crippen MR) is 138 cm³/mol. The van der Waals surface area contributed by atoms with Crippen molar-refractivity contribution in [3.8, 4) is 0 Å². The highest BCUT2D eigenvalue weighted by Gasteiger charge is 2.41. The summed E-state index contributed by atoms with van der Waals surface area (Å²) in [5, 5.41) is 12.4. The second kappa shape index (κ2) is 11.9. The summed E-state index contributed by atoms with van der Waals surface area (Å²) in [4.78, 5) is 52.9. The molecule has 3 aromatic carbocycles. The lowest BCUT2D eigenvalue weighted by Gasteiger charge is -2.24. The normalized spacial score (nSPS) is 12.1. The number of carbonyl (C=O) groups excluding carboxylic acids is 3. The van der Waals surface area contributed by atoms with E-state index in [4.69, 9.17) is 9.47 Å². The fraction of sp³-hybridized carbons (Fsp3) is 0.214. The first-order chi connectivity index (χ1) is 17.5. The third-order valence-electron chi connectivity index (χ3n) is 5.40. The van der Waals surface area contributed by atoms with Gasteiger partial charge in [0, 0.05) is 25.5 Å². The average molecular weight is 505 g/mol. The molecule has 9 heteroatoms. The maximum absolute atomic E-state index is 13.2. The van der Waals surface area contributed by atoms with Crippen molar-refractivity contribution in [1.82, 2.24) is 0 Å². The van der Waals surface area contributed by atoms with Gasteiger partial charge in [0.05, 0.1) is 11.1 Å². The first-order valence-corrected chi connectivity index (χ1v) is 11.4. The molecule has 192 valence electrons. The van der Waals surface area contributed by atoms with Gasteiger partial charge in [-0.05, 0) is 62.4 Å². The molecular weight excluding hydrogens is 476 g/mol. The topological polar surface area (TPSA) is 122 Å². The van der Waals surface area contributed by atoms with Gasteiger partial charge in [-0.15, -0.1) is 0 Å². The van der Waals surface area contributed by atoms with E-state index in [0.29, 0.717) is 5.69 Å². The van der Waals surface area contributed by atoms with E-state index in [-0.39, 0.29) is 11.1 Å². The molecule has 0 unspecified atom stereocenters. The summed E-state index contributed by atoms with van der Waals surface area (Å²) in [7, 11) is 3.71. The Balaban J connectivity index is 1.91. The summed E-state index contributed by atoms with van der Waals surface area (Å²) < 4.78 is 10.6. The summed E-state index contributed by atoms with van der Waals surface area (Å²) in [5.74, 6) is -4.54. The highest BCUT2D eigenvalue weighted by molar-refractivity contribution is 6.01. The van der Waals surface area contributed by atoms with Crippen LogP contribution < -0.4 is 10.2 Å². The molecule has 0 fully saturated rings. The van der Waals surface area contributed by atoms with Crippen LogP contribution in [0.25, 0.3) is 0 Å². The minimum absolute atomic E-state index is 0.0923. The van der Waals surface area contributed by atoms with Crippen molar-refractivity contribution in [2.75, 3.05) is 24.3 Å².